The van der Waals surface area contributed by atoms with Gasteiger partial charge in [0, 0.05) is 12.0 Å². The van der Waals surface area contributed by atoms with E-state index in [2.05, 4.69) is 0 Å². The summed E-state index contributed by atoms with van der Waals surface area (Å²) in [6.45, 7) is -0.662. The van der Waals surface area contributed by atoms with Gasteiger partial charge in [-0.3, -0.25) is 0 Å². The Kier molecular flexibility index (Phi) is 9.68. The maximum atomic E-state index is 9.69. The molecule has 5 nitrogen and oxygen atoms in total. The summed E-state index contributed by atoms with van der Waals surface area (Å²) in [6, 6.07) is 0. The van der Waals surface area contributed by atoms with Gasteiger partial charge in [0.15, 0.2) is 0 Å². The summed E-state index contributed by atoms with van der Waals surface area (Å²) in [7, 11) is 0. The van der Waals surface area contributed by atoms with Gasteiger partial charge in [-0.2, -0.15) is 0 Å². The van der Waals surface area contributed by atoms with Gasteiger partial charge in [0.25, 0.3) is 0 Å². The van der Waals surface area contributed by atoms with E-state index in [0.29, 0.717) is 19.3 Å². The van der Waals surface area contributed by atoms with Gasteiger partial charge < -0.3 is 25.5 Å². The first-order valence-corrected chi connectivity index (χ1v) is 6.25. The molecule has 0 amide bonds. The SMILES string of the molecule is OCCCCCC(O)CCC(CO)(CO)CO. The van der Waals surface area contributed by atoms with E-state index in [9.17, 15) is 5.11 Å². The minimum absolute atomic E-state index is 0.179. The van der Waals surface area contributed by atoms with Crippen LogP contribution in [0.3, 0.4) is 0 Å². The highest BCUT2D eigenvalue weighted by Crippen LogP contribution is 2.24. The maximum absolute atomic E-state index is 9.69. The fourth-order valence-corrected chi connectivity index (χ4v) is 1.67. The molecule has 0 saturated heterocycles. The third kappa shape index (κ3) is 6.95. The maximum Gasteiger partial charge on any atom is 0.0540 e. The van der Waals surface area contributed by atoms with Gasteiger partial charge in [-0.05, 0) is 25.7 Å². The van der Waals surface area contributed by atoms with Crippen molar-refractivity contribution in [3.63, 3.8) is 0 Å². The van der Waals surface area contributed by atoms with Crippen molar-refractivity contribution in [2.75, 3.05) is 26.4 Å². The van der Waals surface area contributed by atoms with Gasteiger partial charge in [-0.15, -0.1) is 0 Å². The van der Waals surface area contributed by atoms with Gasteiger partial charge in [-0.25, -0.2) is 0 Å². The lowest BCUT2D eigenvalue weighted by molar-refractivity contribution is -0.0109. The van der Waals surface area contributed by atoms with Crippen LogP contribution in [0.2, 0.25) is 0 Å². The molecular weight excluding hydrogens is 224 g/mol. The van der Waals surface area contributed by atoms with Crippen LogP contribution in [0.5, 0.6) is 0 Å². The lowest BCUT2D eigenvalue weighted by Gasteiger charge is -2.28. The highest BCUT2D eigenvalue weighted by atomic mass is 16.3. The van der Waals surface area contributed by atoms with Crippen molar-refractivity contribution < 1.29 is 25.5 Å². The first-order chi connectivity index (χ1) is 8.14. The number of aliphatic hydroxyl groups excluding tert-OH is 5. The van der Waals surface area contributed by atoms with E-state index in [0.717, 1.165) is 19.3 Å². The van der Waals surface area contributed by atoms with Crippen LogP contribution >= 0.6 is 0 Å². The van der Waals surface area contributed by atoms with Gasteiger partial charge >= 0.3 is 0 Å². The van der Waals surface area contributed by atoms with Crippen molar-refractivity contribution in [3.8, 4) is 0 Å². The monoisotopic (exact) mass is 250 g/mol. The molecule has 0 saturated carbocycles. The lowest BCUT2D eigenvalue weighted by Crippen LogP contribution is -2.34. The van der Waals surface area contributed by atoms with Gasteiger partial charge in [0.2, 0.25) is 0 Å². The molecule has 0 aromatic rings. The van der Waals surface area contributed by atoms with Crippen LogP contribution in [0.15, 0.2) is 0 Å². The minimum atomic E-state index is -0.883. The molecule has 0 rings (SSSR count). The summed E-state index contributed by atoms with van der Waals surface area (Å²) >= 11 is 0. The van der Waals surface area contributed by atoms with Crippen LogP contribution in [0.1, 0.15) is 38.5 Å². The molecule has 0 aliphatic carbocycles. The Bertz CT molecular complexity index is 162. The summed E-state index contributed by atoms with van der Waals surface area (Å²) in [5.74, 6) is 0. The second kappa shape index (κ2) is 9.79. The topological polar surface area (TPSA) is 101 Å². The number of rotatable bonds is 11. The molecule has 0 aromatic heterocycles. The zero-order valence-electron chi connectivity index (χ0n) is 10.4. The van der Waals surface area contributed by atoms with Gasteiger partial charge in [0.1, 0.15) is 0 Å². The average molecular weight is 250 g/mol. The summed E-state index contributed by atoms with van der Waals surface area (Å²) in [4.78, 5) is 0. The van der Waals surface area contributed by atoms with E-state index in [1.54, 1.807) is 0 Å². The molecule has 0 aliphatic rings. The van der Waals surface area contributed by atoms with Crippen LogP contribution < -0.4 is 0 Å². The van der Waals surface area contributed by atoms with Crippen LogP contribution in [0.4, 0.5) is 0 Å². The predicted octanol–water partition coefficient (Wildman–Crippen LogP) is -0.357. The molecular formula is C12H26O5. The molecule has 0 spiro atoms. The normalized spacial score (nSPS) is 13.9. The van der Waals surface area contributed by atoms with E-state index >= 15 is 0 Å². The molecule has 17 heavy (non-hydrogen) atoms. The summed E-state index contributed by atoms with van der Waals surface area (Å²) in [5.41, 5.74) is -0.883. The zero-order valence-corrected chi connectivity index (χ0v) is 10.4. The molecule has 104 valence electrons. The molecule has 5 N–H and O–H groups in total. The predicted molar refractivity (Wildman–Crippen MR) is 64.5 cm³/mol. The lowest BCUT2D eigenvalue weighted by atomic mass is 9.84. The Hall–Kier alpha value is -0.200. The largest absolute Gasteiger partial charge is 0.396 e. The Labute approximate surface area is 103 Å². The molecule has 0 heterocycles. The van der Waals surface area contributed by atoms with Crippen molar-refractivity contribution in [2.45, 2.75) is 44.6 Å². The second-order valence-corrected chi connectivity index (χ2v) is 4.74. The van der Waals surface area contributed by atoms with E-state index in [1.807, 2.05) is 0 Å². The number of unbranched alkanes of at least 4 members (excludes halogenated alkanes) is 2. The first kappa shape index (κ1) is 16.8. The third-order valence-corrected chi connectivity index (χ3v) is 3.21. The van der Waals surface area contributed by atoms with Crippen LogP contribution in [0.25, 0.3) is 0 Å². The fraction of sp³-hybridized carbons (Fsp3) is 1.00. The number of hydrogen-bond donors (Lipinski definition) is 5. The smallest absolute Gasteiger partial charge is 0.0540 e. The van der Waals surface area contributed by atoms with E-state index in [1.165, 1.54) is 0 Å². The van der Waals surface area contributed by atoms with E-state index < -0.39 is 11.5 Å². The minimum Gasteiger partial charge on any atom is -0.396 e. The summed E-state index contributed by atoms with van der Waals surface area (Å²) in [5, 5.41) is 45.6. The molecule has 1 unspecified atom stereocenters. The average Bonchev–Trinajstić information content (AvgIpc) is 2.37. The van der Waals surface area contributed by atoms with Crippen LogP contribution in [0, 0.1) is 5.41 Å². The van der Waals surface area contributed by atoms with E-state index in [-0.39, 0.29) is 26.4 Å². The first-order valence-electron chi connectivity index (χ1n) is 6.25. The Morgan fingerprint density at radius 1 is 0.765 bits per heavy atom. The fourth-order valence-electron chi connectivity index (χ4n) is 1.67. The Morgan fingerprint density at radius 3 is 1.82 bits per heavy atom. The molecule has 0 fully saturated rings. The molecule has 0 aliphatic heterocycles. The van der Waals surface area contributed by atoms with Gasteiger partial charge in [0.05, 0.1) is 25.9 Å². The standard InChI is InChI=1S/C12H26O5/c13-7-3-1-2-4-11(17)5-6-12(8-14,9-15)10-16/h11,13-17H,1-10H2. The van der Waals surface area contributed by atoms with Crippen molar-refractivity contribution in [2.24, 2.45) is 5.41 Å². The number of aliphatic hydroxyl groups is 5. The second-order valence-electron chi connectivity index (χ2n) is 4.74. The molecule has 0 radical (unpaired) electrons. The molecule has 1 atom stereocenters. The van der Waals surface area contributed by atoms with Crippen LogP contribution in [-0.2, 0) is 0 Å². The zero-order chi connectivity index (χ0) is 13.1. The van der Waals surface area contributed by atoms with Gasteiger partial charge in [-0.1, -0.05) is 12.8 Å². The van der Waals surface area contributed by atoms with Crippen molar-refractivity contribution in [1.82, 2.24) is 0 Å². The quantitative estimate of drug-likeness (QED) is 0.322. The highest BCUT2D eigenvalue weighted by Gasteiger charge is 2.28. The van der Waals surface area contributed by atoms with E-state index in [4.69, 9.17) is 20.4 Å². The van der Waals surface area contributed by atoms with Crippen molar-refractivity contribution >= 4 is 0 Å². The Balaban J connectivity index is 3.76. The summed E-state index contributed by atoms with van der Waals surface area (Å²) < 4.78 is 0. The van der Waals surface area contributed by atoms with Crippen molar-refractivity contribution in [3.05, 3.63) is 0 Å². The number of hydrogen-bond acceptors (Lipinski definition) is 5. The molecule has 5 heteroatoms. The molecule has 0 bridgehead atoms. The third-order valence-electron chi connectivity index (χ3n) is 3.21. The van der Waals surface area contributed by atoms with Crippen molar-refractivity contribution in [1.29, 1.82) is 0 Å². The Morgan fingerprint density at radius 2 is 1.35 bits per heavy atom. The summed E-state index contributed by atoms with van der Waals surface area (Å²) in [6.07, 6.45) is 3.53. The highest BCUT2D eigenvalue weighted by molar-refractivity contribution is 4.78. The molecule has 0 aromatic carbocycles. The van der Waals surface area contributed by atoms with Crippen LogP contribution in [-0.4, -0.2) is 58.1 Å².